The van der Waals surface area contributed by atoms with E-state index in [4.69, 9.17) is 0 Å². The molecule has 0 unspecified atom stereocenters. The van der Waals surface area contributed by atoms with Gasteiger partial charge in [-0.25, -0.2) is 39.9 Å². The van der Waals surface area contributed by atoms with Crippen molar-refractivity contribution in [3.63, 3.8) is 0 Å². The van der Waals surface area contributed by atoms with Gasteiger partial charge in [-0.05, 0) is 128 Å². The fraction of sp³-hybridized carbons (Fsp3) is 0.143. The summed E-state index contributed by atoms with van der Waals surface area (Å²) in [6, 6.07) is 39.9. The van der Waals surface area contributed by atoms with E-state index < -0.39 is 0 Å². The summed E-state index contributed by atoms with van der Waals surface area (Å²) >= 11 is 0. The zero-order valence-electron chi connectivity index (χ0n) is 37.5. The van der Waals surface area contributed by atoms with Gasteiger partial charge in [-0.2, -0.15) is 0 Å². The molecule has 4 heterocycles. The first kappa shape index (κ1) is 39.4. The Morgan fingerprint density at radius 1 is 0.333 bits per heavy atom. The fourth-order valence-corrected chi connectivity index (χ4v) is 9.87. The summed E-state index contributed by atoms with van der Waals surface area (Å²) < 4.78 is 0. The zero-order chi connectivity index (χ0) is 44.9. The van der Waals surface area contributed by atoms with Crippen molar-refractivity contribution in [2.45, 2.75) is 52.4 Å². The molecule has 10 nitrogen and oxygen atoms in total. The maximum atomic E-state index is 4.58. The third kappa shape index (κ3) is 6.39. The molecule has 0 bridgehead atoms. The molecule has 0 N–H and O–H groups in total. The lowest BCUT2D eigenvalue weighted by Crippen LogP contribution is -2.17. The third-order valence-corrected chi connectivity index (χ3v) is 12.9. The van der Waals surface area contributed by atoms with E-state index in [1.807, 2.05) is 24.8 Å². The Bertz CT molecular complexity index is 3480. The number of hydrogen-bond donors (Lipinski definition) is 0. The lowest BCUT2D eigenvalue weighted by Gasteiger charge is -2.34. The van der Waals surface area contributed by atoms with Crippen molar-refractivity contribution in [1.29, 1.82) is 0 Å². The smallest absolute Gasteiger partial charge is 0.116 e. The van der Waals surface area contributed by atoms with E-state index in [0.29, 0.717) is 0 Å². The Balaban J connectivity index is 1.21. The second-order valence-electron chi connectivity index (χ2n) is 19.2. The quantitative estimate of drug-likeness (QED) is 0.150. The molecular formula is C56H44N10. The van der Waals surface area contributed by atoms with Gasteiger partial charge in [0.2, 0.25) is 0 Å². The maximum absolute atomic E-state index is 4.58. The van der Waals surface area contributed by atoms with Crippen molar-refractivity contribution in [2.24, 2.45) is 0 Å². The van der Waals surface area contributed by atoms with Crippen molar-refractivity contribution < 1.29 is 0 Å². The normalized spacial score (nSPS) is 12.4. The van der Waals surface area contributed by atoms with Crippen LogP contribution in [0.15, 0.2) is 159 Å². The van der Waals surface area contributed by atoms with Crippen LogP contribution in [0.25, 0.3) is 75.9 Å². The standard InChI is InChI=1S/C56H44N10/c1-55(2,3)45-23-51(65(37-7-15-47-33(19-37)25-57-29-61-47)38-8-16-48-34(20-38)26-58-30-62-48)43-14-12-42-46(56(4,5)6)24-52(44-13-11-41(45)53(43)54(42)44)66(39-9-17-49-35(21-39)27-59-31-63-49)40-10-18-50-36(22-40)28-60-32-64-50/h7-32H,1-6H3. The zero-order valence-corrected chi connectivity index (χ0v) is 37.5. The molecule has 0 aliphatic heterocycles. The Morgan fingerprint density at radius 3 is 0.909 bits per heavy atom. The third-order valence-electron chi connectivity index (χ3n) is 12.9. The average molecular weight is 857 g/mol. The van der Waals surface area contributed by atoms with Crippen LogP contribution in [-0.4, -0.2) is 39.9 Å². The summed E-state index contributed by atoms with van der Waals surface area (Å²) in [5.74, 6) is 0. The molecule has 12 aromatic rings. The molecular weight excluding hydrogens is 813 g/mol. The largest absolute Gasteiger partial charge is 0.310 e. The highest BCUT2D eigenvalue weighted by atomic mass is 15.2. The van der Waals surface area contributed by atoms with E-state index in [1.54, 1.807) is 25.3 Å². The van der Waals surface area contributed by atoms with Gasteiger partial charge in [-0.3, -0.25) is 0 Å². The summed E-state index contributed by atoms with van der Waals surface area (Å²) in [7, 11) is 0. The van der Waals surface area contributed by atoms with E-state index in [1.165, 1.54) is 32.7 Å². The van der Waals surface area contributed by atoms with Gasteiger partial charge in [0.15, 0.2) is 0 Å². The van der Waals surface area contributed by atoms with Crippen LogP contribution >= 0.6 is 0 Å². The number of anilines is 6. The molecule has 0 aliphatic rings. The first-order valence-corrected chi connectivity index (χ1v) is 22.2. The molecule has 0 spiro atoms. The first-order valence-electron chi connectivity index (χ1n) is 22.2. The molecule has 8 aromatic carbocycles. The SMILES string of the molecule is CC(C)(C)c1cc(N(c2ccc3ncncc3c2)c2ccc3ncncc3c2)c2ccc3c(C(C)(C)C)cc(N(c4ccc5ncncc5c4)c4ccc5ncncc5c4)c4ccc1c2c43. The number of nitrogens with zero attached hydrogens (tertiary/aromatic N) is 10. The van der Waals surface area contributed by atoms with Crippen molar-refractivity contribution in [2.75, 3.05) is 9.80 Å². The highest BCUT2D eigenvalue weighted by Crippen LogP contribution is 2.52. The molecule has 12 rings (SSSR count). The fourth-order valence-electron chi connectivity index (χ4n) is 9.87. The van der Waals surface area contributed by atoms with Gasteiger partial charge >= 0.3 is 0 Å². The Hall–Kier alpha value is -8.24. The second-order valence-corrected chi connectivity index (χ2v) is 19.2. The van der Waals surface area contributed by atoms with Crippen LogP contribution in [0.2, 0.25) is 0 Å². The molecule has 0 fully saturated rings. The van der Waals surface area contributed by atoms with Gasteiger partial charge in [0.05, 0.1) is 33.4 Å². The van der Waals surface area contributed by atoms with Crippen molar-refractivity contribution in [3.8, 4) is 0 Å². The van der Waals surface area contributed by atoms with Crippen LogP contribution in [0.4, 0.5) is 34.1 Å². The van der Waals surface area contributed by atoms with Crippen molar-refractivity contribution >= 4 is 110 Å². The lowest BCUT2D eigenvalue weighted by molar-refractivity contribution is 0.595. The Kier molecular flexibility index (Phi) is 8.74. The molecule has 0 radical (unpaired) electrons. The summed E-state index contributed by atoms with van der Waals surface area (Å²) in [6.45, 7) is 13.9. The summed E-state index contributed by atoms with van der Waals surface area (Å²) in [5.41, 5.74) is 11.7. The topological polar surface area (TPSA) is 110 Å². The number of hydrogen-bond acceptors (Lipinski definition) is 10. The molecule has 0 amide bonds. The van der Waals surface area contributed by atoms with Crippen LogP contribution in [0.5, 0.6) is 0 Å². The predicted molar refractivity (Wildman–Crippen MR) is 269 cm³/mol. The first-order chi connectivity index (χ1) is 32.0. The predicted octanol–water partition coefficient (Wildman–Crippen LogP) is 13.9. The van der Waals surface area contributed by atoms with Crippen LogP contribution in [0.1, 0.15) is 52.7 Å². The highest BCUT2D eigenvalue weighted by Gasteiger charge is 2.30. The van der Waals surface area contributed by atoms with E-state index in [2.05, 4.69) is 200 Å². The monoisotopic (exact) mass is 856 g/mol. The van der Waals surface area contributed by atoms with Crippen LogP contribution in [0.3, 0.4) is 0 Å². The van der Waals surface area contributed by atoms with E-state index in [0.717, 1.165) is 88.5 Å². The van der Waals surface area contributed by atoms with Crippen molar-refractivity contribution in [1.82, 2.24) is 39.9 Å². The van der Waals surface area contributed by atoms with Crippen LogP contribution in [-0.2, 0) is 10.8 Å². The summed E-state index contributed by atoms with van der Waals surface area (Å²) in [4.78, 5) is 40.7. The van der Waals surface area contributed by atoms with Crippen LogP contribution < -0.4 is 9.80 Å². The van der Waals surface area contributed by atoms with Gasteiger partial charge in [-0.1, -0.05) is 65.8 Å². The Morgan fingerprint density at radius 2 is 0.621 bits per heavy atom. The molecule has 0 saturated carbocycles. The molecule has 66 heavy (non-hydrogen) atoms. The summed E-state index contributed by atoms with van der Waals surface area (Å²) in [6.07, 6.45) is 13.9. The molecule has 318 valence electrons. The van der Waals surface area contributed by atoms with E-state index >= 15 is 0 Å². The average Bonchev–Trinajstić information content (AvgIpc) is 3.33. The van der Waals surface area contributed by atoms with Gasteiger partial charge in [0.1, 0.15) is 25.3 Å². The van der Waals surface area contributed by atoms with Gasteiger partial charge in [0.25, 0.3) is 0 Å². The summed E-state index contributed by atoms with van der Waals surface area (Å²) in [5, 5.41) is 11.0. The van der Waals surface area contributed by atoms with Crippen LogP contribution in [0, 0.1) is 0 Å². The molecule has 0 aliphatic carbocycles. The van der Waals surface area contributed by atoms with Gasteiger partial charge in [-0.15, -0.1) is 0 Å². The minimum absolute atomic E-state index is 0.223. The minimum Gasteiger partial charge on any atom is -0.310 e. The number of aromatic nitrogens is 8. The van der Waals surface area contributed by atoms with E-state index in [9.17, 15) is 0 Å². The number of rotatable bonds is 6. The second kappa shape index (κ2) is 14.6. The molecule has 4 aromatic heterocycles. The molecule has 0 saturated heterocycles. The molecule has 10 heteroatoms. The number of fused-ring (bicyclic) bond motifs is 4. The van der Waals surface area contributed by atoms with Gasteiger partial charge < -0.3 is 9.80 Å². The highest BCUT2D eigenvalue weighted by molar-refractivity contribution is 6.29. The minimum atomic E-state index is -0.223. The maximum Gasteiger partial charge on any atom is 0.116 e. The lowest BCUT2D eigenvalue weighted by atomic mass is 9.77. The van der Waals surface area contributed by atoms with Crippen molar-refractivity contribution in [3.05, 3.63) is 170 Å². The Labute approximate surface area is 381 Å². The van der Waals surface area contributed by atoms with E-state index in [-0.39, 0.29) is 10.8 Å². The van der Waals surface area contributed by atoms with Gasteiger partial charge in [0, 0.05) is 79.9 Å². The molecule has 0 atom stereocenters. The number of benzene rings is 8.